The Labute approximate surface area is 295 Å². The van der Waals surface area contributed by atoms with Crippen LogP contribution in [0.25, 0.3) is 0 Å². The van der Waals surface area contributed by atoms with E-state index in [1.807, 2.05) is 20.8 Å². The van der Waals surface area contributed by atoms with Gasteiger partial charge in [-0.2, -0.15) is 0 Å². The molecule has 0 bridgehead atoms. The maximum atomic E-state index is 13.4. The van der Waals surface area contributed by atoms with Crippen molar-refractivity contribution in [3.63, 3.8) is 0 Å². The lowest BCUT2D eigenvalue weighted by Crippen LogP contribution is -2.54. The van der Waals surface area contributed by atoms with Crippen molar-refractivity contribution in [1.82, 2.24) is 20.4 Å². The van der Waals surface area contributed by atoms with Crippen LogP contribution in [0.4, 0.5) is 9.59 Å². The first-order valence-electron chi connectivity index (χ1n) is 16.7. The maximum Gasteiger partial charge on any atom is 0.407 e. The molecule has 2 fully saturated rings. The molecular formula is C36H52N8O6. The minimum atomic E-state index is -1.27. The van der Waals surface area contributed by atoms with Crippen LogP contribution in [-0.2, 0) is 14.3 Å². The normalized spacial score (nSPS) is 20.7. The molecule has 0 radical (unpaired) electrons. The van der Waals surface area contributed by atoms with E-state index in [2.05, 4.69) is 45.9 Å². The Kier molecular flexibility index (Phi) is 15.6. The third-order valence-electron chi connectivity index (χ3n) is 8.30. The van der Waals surface area contributed by atoms with Gasteiger partial charge in [0.25, 0.3) is 0 Å². The van der Waals surface area contributed by atoms with Gasteiger partial charge >= 0.3 is 12.2 Å². The minimum Gasteiger partial charge on any atom is -0.465 e. The second-order valence-electron chi connectivity index (χ2n) is 12.9. The highest BCUT2D eigenvalue weighted by molar-refractivity contribution is 5.95. The number of carbonyl (C=O) groups excluding carboxylic acids is 3. The van der Waals surface area contributed by atoms with E-state index in [0.717, 1.165) is 0 Å². The van der Waals surface area contributed by atoms with E-state index >= 15 is 0 Å². The molecule has 1 unspecified atom stereocenters. The van der Waals surface area contributed by atoms with Gasteiger partial charge in [-0.15, -0.1) is 0 Å². The minimum absolute atomic E-state index is 0.187. The zero-order valence-electron chi connectivity index (χ0n) is 30.2. The van der Waals surface area contributed by atoms with Crippen LogP contribution in [0, 0.1) is 35.5 Å². The molecule has 14 nitrogen and oxygen atoms in total. The lowest BCUT2D eigenvalue weighted by atomic mass is 10.0. The average Bonchev–Trinajstić information content (AvgIpc) is 3.74. The highest BCUT2D eigenvalue weighted by Gasteiger charge is 2.39. The standard InChI is InChI=1S/C36H52N8O6/c1-9-15-25(39-30(37)26-17-13-21-43(26)33(46)29(24(5)6)41-35(49)50-8)16-11-12-20-36(7,19-10-2)42-31(38)27-18-14-22-44(27)32(45)28(23(3)4)40-34(47)48/h9-10,15,19,23-24,26-29,40H,1,13-14,17-18,21-22H2,2-8H3,(H2,37,39)(H2,38,42)(H,41,49)(H,47,48)/b19-10?,25-15-/t26-,27-,28-,29-,36?/m0/s1. The van der Waals surface area contributed by atoms with Gasteiger partial charge in [0, 0.05) is 13.1 Å². The van der Waals surface area contributed by atoms with E-state index in [0.29, 0.717) is 38.8 Å². The molecule has 2 heterocycles. The van der Waals surface area contributed by atoms with Crippen molar-refractivity contribution in [2.45, 2.75) is 96.9 Å². The highest BCUT2D eigenvalue weighted by atomic mass is 16.5. The number of nitrogens with zero attached hydrogens (tertiary/aromatic N) is 4. The molecule has 50 heavy (non-hydrogen) atoms. The second kappa shape index (κ2) is 19.1. The van der Waals surface area contributed by atoms with E-state index in [-0.39, 0.29) is 41.0 Å². The van der Waals surface area contributed by atoms with Crippen LogP contribution in [0.1, 0.15) is 67.2 Å². The number of ether oxygens (including phenoxy) is 1. The summed E-state index contributed by atoms with van der Waals surface area (Å²) in [4.78, 5) is 62.4. The number of allylic oxidation sites excluding steroid dienone is 4. The van der Waals surface area contributed by atoms with Gasteiger partial charge in [0.2, 0.25) is 11.8 Å². The number of hydrogen-bond acceptors (Lipinski definition) is 7. The van der Waals surface area contributed by atoms with Crippen molar-refractivity contribution in [2.75, 3.05) is 20.2 Å². The number of methoxy groups -OCH3 is 1. The van der Waals surface area contributed by atoms with Gasteiger partial charge in [0.15, 0.2) is 0 Å². The molecular weight excluding hydrogens is 640 g/mol. The summed E-state index contributed by atoms with van der Waals surface area (Å²) < 4.78 is 4.70. The van der Waals surface area contributed by atoms with Crippen LogP contribution >= 0.6 is 0 Å². The van der Waals surface area contributed by atoms with Crippen molar-refractivity contribution in [3.05, 3.63) is 36.6 Å². The Bertz CT molecular complexity index is 1530. The summed E-state index contributed by atoms with van der Waals surface area (Å²) >= 11 is 0. The van der Waals surface area contributed by atoms with E-state index < -0.39 is 41.9 Å². The molecule has 7 N–H and O–H groups in total. The number of carbonyl (C=O) groups is 4. The number of rotatable bonds is 12. The number of likely N-dealkylation sites (tertiary alicyclic amines) is 2. The van der Waals surface area contributed by atoms with Gasteiger partial charge in [-0.3, -0.25) is 9.59 Å². The Morgan fingerprint density at radius 1 is 0.960 bits per heavy atom. The monoisotopic (exact) mass is 692 g/mol. The van der Waals surface area contributed by atoms with Crippen molar-refractivity contribution in [1.29, 1.82) is 0 Å². The van der Waals surface area contributed by atoms with E-state index in [4.69, 9.17) is 21.2 Å². The number of nitrogens with one attached hydrogen (secondary N) is 2. The third-order valence-corrected chi connectivity index (χ3v) is 8.30. The van der Waals surface area contributed by atoms with Gasteiger partial charge < -0.3 is 41.7 Å². The van der Waals surface area contributed by atoms with Crippen molar-refractivity contribution in [3.8, 4) is 23.7 Å². The van der Waals surface area contributed by atoms with Gasteiger partial charge in [0.05, 0.1) is 19.2 Å². The zero-order valence-corrected chi connectivity index (χ0v) is 30.2. The van der Waals surface area contributed by atoms with Crippen LogP contribution in [0.2, 0.25) is 0 Å². The Morgan fingerprint density at radius 3 is 1.98 bits per heavy atom. The molecule has 0 saturated carbocycles. The molecule has 0 aromatic carbocycles. The Balaban J connectivity index is 2.32. The lowest BCUT2D eigenvalue weighted by Gasteiger charge is -2.31. The molecule has 0 aliphatic carbocycles. The average molecular weight is 693 g/mol. The predicted molar refractivity (Wildman–Crippen MR) is 194 cm³/mol. The summed E-state index contributed by atoms with van der Waals surface area (Å²) in [5.41, 5.74) is 12.1. The first-order valence-corrected chi connectivity index (χ1v) is 16.7. The summed E-state index contributed by atoms with van der Waals surface area (Å²) in [5.74, 6) is 10.9. The molecule has 0 aromatic heterocycles. The first-order chi connectivity index (χ1) is 23.6. The molecule has 5 atom stereocenters. The fourth-order valence-electron chi connectivity index (χ4n) is 5.84. The quantitative estimate of drug-likeness (QED) is 0.0675. The Morgan fingerprint density at radius 2 is 1.50 bits per heavy atom. The lowest BCUT2D eigenvalue weighted by molar-refractivity contribution is -0.134. The van der Waals surface area contributed by atoms with Crippen LogP contribution in [0.5, 0.6) is 0 Å². The molecule has 0 spiro atoms. The van der Waals surface area contributed by atoms with E-state index in [9.17, 15) is 24.3 Å². The highest BCUT2D eigenvalue weighted by Crippen LogP contribution is 2.23. The summed E-state index contributed by atoms with van der Waals surface area (Å²) in [7, 11) is 1.24. The first kappa shape index (κ1) is 40.9. The molecule has 4 amide bonds. The molecule has 14 heteroatoms. The second-order valence-corrected chi connectivity index (χ2v) is 12.9. The molecule has 272 valence electrons. The maximum absolute atomic E-state index is 13.4. The molecule has 2 saturated heterocycles. The van der Waals surface area contributed by atoms with Crippen molar-refractivity contribution < 1.29 is 29.0 Å². The van der Waals surface area contributed by atoms with Gasteiger partial charge in [-0.1, -0.05) is 52.3 Å². The van der Waals surface area contributed by atoms with Crippen LogP contribution in [-0.4, -0.2) is 100 Å². The van der Waals surface area contributed by atoms with Crippen LogP contribution < -0.4 is 22.1 Å². The third kappa shape index (κ3) is 11.4. The summed E-state index contributed by atoms with van der Waals surface area (Å²) in [6, 6.07) is -2.70. The van der Waals surface area contributed by atoms with E-state index in [1.54, 1.807) is 48.8 Å². The smallest absolute Gasteiger partial charge is 0.407 e. The topological polar surface area (TPSA) is 205 Å². The number of aliphatic imine (C=N–C) groups is 2. The molecule has 2 aliphatic rings. The number of amidine groups is 2. The fraction of sp³-hybridized carbons (Fsp3) is 0.556. The van der Waals surface area contributed by atoms with Gasteiger partial charge in [-0.25, -0.2) is 19.6 Å². The molecule has 2 rings (SSSR count). The number of alkyl carbamates (subject to hydrolysis) is 1. The van der Waals surface area contributed by atoms with Crippen LogP contribution in [0.3, 0.4) is 0 Å². The fourth-order valence-corrected chi connectivity index (χ4v) is 5.84. The van der Waals surface area contributed by atoms with Gasteiger partial charge in [0.1, 0.15) is 35.0 Å². The van der Waals surface area contributed by atoms with E-state index in [1.165, 1.54) is 13.2 Å². The molecule has 0 aromatic rings. The number of hydrogen-bond donors (Lipinski definition) is 5. The van der Waals surface area contributed by atoms with Gasteiger partial charge in [-0.05, 0) is 81.3 Å². The zero-order chi connectivity index (χ0) is 37.6. The SMILES string of the molecule is C=C/C=C(C#CC#CC(C)(C=CC)/N=C(\N)[C@@H]1CCCN1C(=O)[C@@H](NC(=O)O)C(C)C)\N=C(/N)[C@@H]1CCCN1C(=O)[C@@H](NC(=O)OC)C(C)C. The number of carboxylic acid groups (broad SMARTS) is 1. The summed E-state index contributed by atoms with van der Waals surface area (Å²) in [6.07, 6.45) is 7.26. The van der Waals surface area contributed by atoms with Crippen molar-refractivity contribution in [2.24, 2.45) is 33.3 Å². The Hall–Kier alpha value is -5.24. The van der Waals surface area contributed by atoms with Crippen LogP contribution in [0.15, 0.2) is 46.6 Å². The number of amides is 4. The van der Waals surface area contributed by atoms with Crippen molar-refractivity contribution >= 4 is 35.7 Å². The summed E-state index contributed by atoms with van der Waals surface area (Å²) in [6.45, 7) is 15.4. The summed E-state index contributed by atoms with van der Waals surface area (Å²) in [5, 5.41) is 14.2. The molecule has 2 aliphatic heterocycles. The number of nitrogens with two attached hydrogens (primary N) is 2. The predicted octanol–water partition coefficient (Wildman–Crippen LogP) is 2.77. The largest absolute Gasteiger partial charge is 0.465 e.